The summed E-state index contributed by atoms with van der Waals surface area (Å²) in [7, 11) is 1.67. The van der Waals surface area contributed by atoms with E-state index >= 15 is 0 Å². The first-order valence-electron chi connectivity index (χ1n) is 6.50. The molecule has 4 heteroatoms. The summed E-state index contributed by atoms with van der Waals surface area (Å²) in [6, 6.07) is 3.88. The number of benzene rings is 1. The number of nitrogens with two attached hydrogens (primary N) is 1. The van der Waals surface area contributed by atoms with Crippen LogP contribution in [0.2, 0.25) is 0 Å². The van der Waals surface area contributed by atoms with Crippen LogP contribution in [0.5, 0.6) is 17.2 Å². The van der Waals surface area contributed by atoms with Gasteiger partial charge in [0, 0.05) is 17.2 Å². The van der Waals surface area contributed by atoms with Gasteiger partial charge in [-0.15, -0.1) is 0 Å². The fraction of sp³-hybridized carbons (Fsp3) is 0.571. The van der Waals surface area contributed by atoms with Crippen molar-refractivity contribution in [3.8, 4) is 17.2 Å². The molecule has 1 aromatic carbocycles. The van der Waals surface area contributed by atoms with Crippen LogP contribution in [0, 0.1) is 0 Å². The topological polar surface area (TPSA) is 53.7 Å². The van der Waals surface area contributed by atoms with Crippen LogP contribution in [0.4, 0.5) is 0 Å². The van der Waals surface area contributed by atoms with Crippen molar-refractivity contribution in [2.24, 2.45) is 5.73 Å². The third-order valence-electron chi connectivity index (χ3n) is 3.98. The Bertz CT molecular complexity index is 453. The number of fused-ring (bicyclic) bond motifs is 1. The largest absolute Gasteiger partial charge is 0.496 e. The molecule has 3 rings (SSSR count). The lowest BCUT2D eigenvalue weighted by Gasteiger charge is -2.35. The van der Waals surface area contributed by atoms with Crippen LogP contribution in [0.3, 0.4) is 0 Å². The van der Waals surface area contributed by atoms with Gasteiger partial charge in [0.2, 0.25) is 6.79 Å². The number of rotatable bonds is 2. The Morgan fingerprint density at radius 3 is 2.44 bits per heavy atom. The van der Waals surface area contributed by atoms with E-state index in [0.29, 0.717) is 0 Å². The molecule has 98 valence electrons. The Morgan fingerprint density at radius 2 is 1.78 bits per heavy atom. The molecule has 2 N–H and O–H groups in total. The van der Waals surface area contributed by atoms with Gasteiger partial charge in [-0.25, -0.2) is 0 Å². The third-order valence-corrected chi connectivity index (χ3v) is 3.98. The van der Waals surface area contributed by atoms with Gasteiger partial charge >= 0.3 is 0 Å². The summed E-state index contributed by atoms with van der Waals surface area (Å²) in [5.41, 5.74) is 7.34. The lowest BCUT2D eigenvalue weighted by atomic mass is 9.77. The molecule has 0 bridgehead atoms. The maximum absolute atomic E-state index is 6.57. The summed E-state index contributed by atoms with van der Waals surface area (Å²) < 4.78 is 16.3. The van der Waals surface area contributed by atoms with Crippen LogP contribution in [-0.4, -0.2) is 13.9 Å². The second-order valence-electron chi connectivity index (χ2n) is 5.12. The molecule has 0 spiro atoms. The van der Waals surface area contributed by atoms with Crippen molar-refractivity contribution in [3.63, 3.8) is 0 Å². The average Bonchev–Trinajstić information content (AvgIpc) is 2.85. The Balaban J connectivity index is 2.04. The minimum Gasteiger partial charge on any atom is -0.496 e. The van der Waals surface area contributed by atoms with Crippen LogP contribution >= 0.6 is 0 Å². The third kappa shape index (κ3) is 1.81. The summed E-state index contributed by atoms with van der Waals surface area (Å²) in [5, 5.41) is 0. The number of hydrogen-bond donors (Lipinski definition) is 1. The summed E-state index contributed by atoms with van der Waals surface area (Å²) in [4.78, 5) is 0. The van der Waals surface area contributed by atoms with Gasteiger partial charge in [-0.3, -0.25) is 0 Å². The van der Waals surface area contributed by atoms with Crippen molar-refractivity contribution in [2.45, 2.75) is 37.6 Å². The summed E-state index contributed by atoms with van der Waals surface area (Å²) in [6.45, 7) is 0.277. The highest BCUT2D eigenvalue weighted by molar-refractivity contribution is 5.54. The van der Waals surface area contributed by atoms with Crippen LogP contribution in [0.15, 0.2) is 12.1 Å². The van der Waals surface area contributed by atoms with Gasteiger partial charge in [-0.05, 0) is 18.9 Å². The van der Waals surface area contributed by atoms with Gasteiger partial charge in [0.05, 0.1) is 7.11 Å². The molecule has 1 fully saturated rings. The van der Waals surface area contributed by atoms with Gasteiger partial charge in [0.25, 0.3) is 0 Å². The first kappa shape index (κ1) is 11.7. The van der Waals surface area contributed by atoms with E-state index in [0.717, 1.165) is 35.7 Å². The predicted octanol–water partition coefficient (Wildman–Crippen LogP) is 2.54. The minimum atomic E-state index is -0.287. The molecule has 0 atom stereocenters. The smallest absolute Gasteiger partial charge is 0.231 e. The van der Waals surface area contributed by atoms with Crippen LogP contribution in [0.1, 0.15) is 37.7 Å². The van der Waals surface area contributed by atoms with Crippen molar-refractivity contribution in [2.75, 3.05) is 13.9 Å². The van der Waals surface area contributed by atoms with E-state index in [-0.39, 0.29) is 12.3 Å². The first-order chi connectivity index (χ1) is 8.73. The second kappa shape index (κ2) is 4.35. The molecule has 1 heterocycles. The molecule has 1 saturated carbocycles. The van der Waals surface area contributed by atoms with Crippen LogP contribution in [-0.2, 0) is 5.54 Å². The van der Waals surface area contributed by atoms with E-state index in [9.17, 15) is 0 Å². The summed E-state index contributed by atoms with van der Waals surface area (Å²) >= 11 is 0. The SMILES string of the molecule is COc1cc2c(cc1C1(N)CCCCC1)OCO2. The van der Waals surface area contributed by atoms with Crippen molar-refractivity contribution in [1.29, 1.82) is 0 Å². The monoisotopic (exact) mass is 249 g/mol. The molecule has 0 aromatic heterocycles. The molecule has 4 nitrogen and oxygen atoms in total. The molecular weight excluding hydrogens is 230 g/mol. The zero-order valence-corrected chi connectivity index (χ0v) is 10.7. The molecule has 0 unspecified atom stereocenters. The molecule has 0 amide bonds. The van der Waals surface area contributed by atoms with E-state index in [2.05, 4.69) is 0 Å². The van der Waals surface area contributed by atoms with Crippen molar-refractivity contribution in [1.82, 2.24) is 0 Å². The van der Waals surface area contributed by atoms with Crippen LogP contribution in [0.25, 0.3) is 0 Å². The van der Waals surface area contributed by atoms with Gasteiger partial charge in [0.15, 0.2) is 11.5 Å². The zero-order valence-electron chi connectivity index (χ0n) is 10.7. The van der Waals surface area contributed by atoms with E-state index < -0.39 is 0 Å². The van der Waals surface area contributed by atoms with Gasteiger partial charge in [0.1, 0.15) is 5.75 Å². The van der Waals surface area contributed by atoms with Gasteiger partial charge in [-0.2, -0.15) is 0 Å². The Hall–Kier alpha value is -1.42. The van der Waals surface area contributed by atoms with E-state index in [4.69, 9.17) is 19.9 Å². The maximum atomic E-state index is 6.57. The van der Waals surface area contributed by atoms with Gasteiger partial charge < -0.3 is 19.9 Å². The highest BCUT2D eigenvalue weighted by atomic mass is 16.7. The molecule has 0 radical (unpaired) electrons. The lowest BCUT2D eigenvalue weighted by Crippen LogP contribution is -2.38. The standard InChI is InChI=1S/C14H19NO3/c1-16-11-8-13-12(17-9-18-13)7-10(11)14(15)5-3-2-4-6-14/h7-8H,2-6,9,15H2,1H3. The fourth-order valence-corrected chi connectivity index (χ4v) is 2.93. The van der Waals surface area contributed by atoms with Crippen LogP contribution < -0.4 is 19.9 Å². The first-order valence-corrected chi connectivity index (χ1v) is 6.50. The van der Waals surface area contributed by atoms with E-state index in [1.54, 1.807) is 7.11 Å². The minimum absolute atomic E-state index is 0.277. The molecule has 1 aliphatic carbocycles. The highest BCUT2D eigenvalue weighted by Crippen LogP contribution is 2.45. The fourth-order valence-electron chi connectivity index (χ4n) is 2.93. The summed E-state index contributed by atoms with van der Waals surface area (Å²) in [5.74, 6) is 2.33. The number of hydrogen-bond acceptors (Lipinski definition) is 4. The maximum Gasteiger partial charge on any atom is 0.231 e. The van der Waals surface area contributed by atoms with E-state index in [1.807, 2.05) is 12.1 Å². The zero-order chi connectivity index (χ0) is 12.6. The van der Waals surface area contributed by atoms with Gasteiger partial charge in [-0.1, -0.05) is 19.3 Å². The summed E-state index contributed by atoms with van der Waals surface area (Å²) in [6.07, 6.45) is 5.63. The van der Waals surface area contributed by atoms with Crippen molar-refractivity contribution in [3.05, 3.63) is 17.7 Å². The lowest BCUT2D eigenvalue weighted by molar-refractivity contribution is 0.173. The van der Waals surface area contributed by atoms with Crippen molar-refractivity contribution >= 4 is 0 Å². The second-order valence-corrected chi connectivity index (χ2v) is 5.12. The molecule has 18 heavy (non-hydrogen) atoms. The number of ether oxygens (including phenoxy) is 3. The molecule has 1 aliphatic heterocycles. The number of methoxy groups -OCH3 is 1. The quantitative estimate of drug-likeness (QED) is 0.875. The molecular formula is C14H19NO3. The Labute approximate surface area is 107 Å². The average molecular weight is 249 g/mol. The molecule has 1 aromatic rings. The normalized spacial score (nSPS) is 20.8. The molecule has 0 saturated heterocycles. The predicted molar refractivity (Wildman–Crippen MR) is 68.1 cm³/mol. The molecule has 2 aliphatic rings. The van der Waals surface area contributed by atoms with Crippen molar-refractivity contribution < 1.29 is 14.2 Å². The van der Waals surface area contributed by atoms with E-state index in [1.165, 1.54) is 19.3 Å². The Morgan fingerprint density at radius 1 is 1.11 bits per heavy atom. The Kier molecular flexibility index (Phi) is 2.82. The highest BCUT2D eigenvalue weighted by Gasteiger charge is 2.34.